The number of benzene rings is 1. The van der Waals surface area contributed by atoms with E-state index >= 15 is 0 Å². The normalized spacial score (nSPS) is 11.8. The van der Waals surface area contributed by atoms with E-state index in [9.17, 15) is 14.0 Å². The third kappa shape index (κ3) is 3.05. The van der Waals surface area contributed by atoms with Crippen molar-refractivity contribution in [3.63, 3.8) is 0 Å². The number of halogens is 2. The molecule has 2 aromatic rings. The zero-order valence-electron chi connectivity index (χ0n) is 11.8. The van der Waals surface area contributed by atoms with Gasteiger partial charge >= 0.3 is 5.69 Å². The largest absolute Gasteiger partial charge is 0.476 e. The molecule has 1 unspecified atom stereocenters. The minimum absolute atomic E-state index is 0.0139. The van der Waals surface area contributed by atoms with Crippen molar-refractivity contribution in [2.24, 2.45) is 0 Å². The lowest BCUT2D eigenvalue weighted by Gasteiger charge is -2.13. The van der Waals surface area contributed by atoms with Gasteiger partial charge in [-0.05, 0) is 19.9 Å². The fourth-order valence-corrected chi connectivity index (χ4v) is 2.04. The van der Waals surface area contributed by atoms with E-state index in [4.69, 9.17) is 22.8 Å². The number of H-pyrrole nitrogens is 1. The van der Waals surface area contributed by atoms with Gasteiger partial charge in [0, 0.05) is 17.8 Å². The first-order valence-corrected chi connectivity index (χ1v) is 6.66. The van der Waals surface area contributed by atoms with Crippen LogP contribution in [-0.2, 0) is 0 Å². The molecule has 0 aliphatic rings. The van der Waals surface area contributed by atoms with Crippen LogP contribution in [0.4, 0.5) is 4.39 Å². The Hall–Kier alpha value is -2.52. The number of nitrogens with one attached hydrogen (secondary N) is 1. The number of rotatable bonds is 3. The smallest absolute Gasteiger partial charge is 0.333 e. The van der Waals surface area contributed by atoms with Gasteiger partial charge in [0.05, 0.1) is 10.7 Å². The first kappa shape index (κ1) is 15.9. The molecule has 0 amide bonds. The molecule has 1 N–H and O–H groups in total. The van der Waals surface area contributed by atoms with E-state index in [1.165, 1.54) is 6.07 Å². The lowest BCUT2D eigenvalue weighted by Crippen LogP contribution is -2.34. The van der Waals surface area contributed by atoms with E-state index in [0.29, 0.717) is 10.3 Å². The molecule has 114 valence electrons. The van der Waals surface area contributed by atoms with Crippen LogP contribution in [0.15, 0.2) is 27.8 Å². The third-order valence-electron chi connectivity index (χ3n) is 2.85. The van der Waals surface area contributed by atoms with Gasteiger partial charge in [-0.2, -0.15) is 0 Å². The van der Waals surface area contributed by atoms with E-state index < -0.39 is 23.2 Å². The average molecular weight is 323 g/mol. The van der Waals surface area contributed by atoms with Crippen LogP contribution in [0.25, 0.3) is 5.69 Å². The van der Waals surface area contributed by atoms with E-state index in [1.54, 1.807) is 13.8 Å². The zero-order chi connectivity index (χ0) is 16.4. The number of aromatic nitrogens is 2. The van der Waals surface area contributed by atoms with Gasteiger partial charge in [0.25, 0.3) is 5.56 Å². The summed E-state index contributed by atoms with van der Waals surface area (Å²) in [5.74, 6) is 1.58. The van der Waals surface area contributed by atoms with Gasteiger partial charge in [-0.1, -0.05) is 17.5 Å². The second-order valence-electron chi connectivity index (χ2n) is 4.59. The lowest BCUT2D eigenvalue weighted by molar-refractivity contribution is 0.278. The van der Waals surface area contributed by atoms with Crippen LogP contribution in [0.1, 0.15) is 12.6 Å². The molecule has 1 aromatic carbocycles. The average Bonchev–Trinajstić information content (AvgIpc) is 2.42. The number of aryl methyl sites for hydroxylation is 1. The summed E-state index contributed by atoms with van der Waals surface area (Å²) >= 11 is 5.89. The number of hydrogen-bond donors (Lipinski definition) is 1. The summed E-state index contributed by atoms with van der Waals surface area (Å²) in [4.78, 5) is 26.3. The summed E-state index contributed by atoms with van der Waals surface area (Å²) in [7, 11) is 0. The molecule has 0 radical (unpaired) electrons. The molecule has 22 heavy (non-hydrogen) atoms. The van der Waals surface area contributed by atoms with Gasteiger partial charge in [-0.25, -0.2) is 13.8 Å². The summed E-state index contributed by atoms with van der Waals surface area (Å²) in [5.41, 5.74) is -1.33. The van der Waals surface area contributed by atoms with Crippen molar-refractivity contribution >= 4 is 11.6 Å². The Labute approximate surface area is 130 Å². The van der Waals surface area contributed by atoms with Crippen LogP contribution in [0, 0.1) is 25.1 Å². The van der Waals surface area contributed by atoms with Gasteiger partial charge in [0.15, 0.2) is 6.10 Å². The van der Waals surface area contributed by atoms with E-state index in [2.05, 4.69) is 10.9 Å². The monoisotopic (exact) mass is 322 g/mol. The highest BCUT2D eigenvalue weighted by atomic mass is 35.5. The van der Waals surface area contributed by atoms with Crippen LogP contribution >= 0.6 is 11.6 Å². The fraction of sp³-hybridized carbons (Fsp3) is 0.200. The summed E-state index contributed by atoms with van der Waals surface area (Å²) in [5, 5.41) is -0.0139. The molecule has 0 saturated carbocycles. The lowest BCUT2D eigenvalue weighted by atomic mass is 10.2. The molecule has 0 spiro atoms. The summed E-state index contributed by atoms with van der Waals surface area (Å²) in [6.45, 7) is 3.15. The van der Waals surface area contributed by atoms with Crippen molar-refractivity contribution in [3.05, 3.63) is 55.6 Å². The molecule has 0 bridgehead atoms. The molecule has 1 heterocycles. The molecule has 0 aliphatic heterocycles. The maximum absolute atomic E-state index is 14.1. The molecule has 7 heteroatoms. The molecular formula is C15H12ClFN2O3. The second-order valence-corrected chi connectivity index (χ2v) is 5.00. The number of terminal acetylenes is 1. The highest BCUT2D eigenvalue weighted by Gasteiger charge is 2.16. The summed E-state index contributed by atoms with van der Waals surface area (Å²) < 4.78 is 20.1. The molecule has 0 aliphatic carbocycles. The number of hydrogen-bond acceptors (Lipinski definition) is 3. The Balaban J connectivity index is 2.67. The van der Waals surface area contributed by atoms with Crippen molar-refractivity contribution in [1.29, 1.82) is 0 Å². The predicted octanol–water partition coefficient (Wildman–Crippen LogP) is 2.03. The fourth-order valence-electron chi connectivity index (χ4n) is 1.84. The van der Waals surface area contributed by atoms with Gasteiger partial charge < -0.3 is 9.72 Å². The van der Waals surface area contributed by atoms with Crippen molar-refractivity contribution in [2.45, 2.75) is 20.0 Å². The van der Waals surface area contributed by atoms with E-state index in [0.717, 1.165) is 12.1 Å². The minimum Gasteiger partial charge on any atom is -0.476 e. The van der Waals surface area contributed by atoms with Gasteiger partial charge in [0.1, 0.15) is 11.6 Å². The highest BCUT2D eigenvalue weighted by molar-refractivity contribution is 6.32. The molecule has 1 aromatic heterocycles. The van der Waals surface area contributed by atoms with Crippen LogP contribution in [0.2, 0.25) is 5.02 Å². The highest BCUT2D eigenvalue weighted by Crippen LogP contribution is 2.29. The van der Waals surface area contributed by atoms with Gasteiger partial charge in [-0.3, -0.25) is 4.79 Å². The van der Waals surface area contributed by atoms with Gasteiger partial charge in [-0.15, -0.1) is 6.42 Å². The van der Waals surface area contributed by atoms with E-state index in [-0.39, 0.29) is 16.5 Å². The van der Waals surface area contributed by atoms with E-state index in [1.807, 2.05) is 0 Å². The topological polar surface area (TPSA) is 64.1 Å². The summed E-state index contributed by atoms with van der Waals surface area (Å²) in [6, 6.07) is 3.30. The SMILES string of the molecule is C#CC(C)Oc1cc(-n2c(=O)cc(C)[nH]c2=O)c(F)cc1Cl. The Bertz CT molecular complexity index is 849. The van der Waals surface area contributed by atoms with Gasteiger partial charge in [0.2, 0.25) is 0 Å². The number of aromatic amines is 1. The Morgan fingerprint density at radius 3 is 2.68 bits per heavy atom. The van der Waals surface area contributed by atoms with Crippen molar-refractivity contribution < 1.29 is 9.13 Å². The third-order valence-corrected chi connectivity index (χ3v) is 3.14. The van der Waals surface area contributed by atoms with Crippen molar-refractivity contribution in [3.8, 4) is 23.8 Å². The first-order chi connectivity index (χ1) is 10.3. The van der Waals surface area contributed by atoms with Crippen LogP contribution < -0.4 is 16.0 Å². The molecule has 0 fully saturated rings. The Morgan fingerprint density at radius 2 is 2.09 bits per heavy atom. The Kier molecular flexibility index (Phi) is 4.38. The second kappa shape index (κ2) is 6.08. The summed E-state index contributed by atoms with van der Waals surface area (Å²) in [6.07, 6.45) is 4.60. The molecule has 5 nitrogen and oxygen atoms in total. The van der Waals surface area contributed by atoms with Crippen molar-refractivity contribution in [2.75, 3.05) is 0 Å². The molecular weight excluding hydrogens is 311 g/mol. The molecule has 2 rings (SSSR count). The maximum atomic E-state index is 14.1. The van der Waals surface area contributed by atoms with Crippen LogP contribution in [0.5, 0.6) is 5.75 Å². The standard InChI is InChI=1S/C15H12ClFN2O3/c1-4-9(3)22-13-7-12(11(17)6-10(13)16)19-14(20)5-8(2)18-15(19)21/h1,5-7,9H,2-3H3,(H,18,21). The first-order valence-electron chi connectivity index (χ1n) is 6.28. The maximum Gasteiger partial charge on any atom is 0.333 e. The minimum atomic E-state index is -0.831. The quantitative estimate of drug-likeness (QED) is 0.879. The molecule has 0 saturated heterocycles. The Morgan fingerprint density at radius 1 is 1.41 bits per heavy atom. The number of nitrogens with zero attached hydrogens (tertiary/aromatic N) is 1. The zero-order valence-corrected chi connectivity index (χ0v) is 12.6. The molecule has 1 atom stereocenters. The van der Waals surface area contributed by atoms with Crippen LogP contribution in [-0.4, -0.2) is 15.7 Å². The predicted molar refractivity (Wildman–Crippen MR) is 81.3 cm³/mol. The van der Waals surface area contributed by atoms with Crippen LogP contribution in [0.3, 0.4) is 0 Å². The number of ether oxygens (including phenoxy) is 1. The van der Waals surface area contributed by atoms with Crippen molar-refractivity contribution in [1.82, 2.24) is 9.55 Å².